The Morgan fingerprint density at radius 1 is 1.31 bits per heavy atom. The van der Waals surface area contributed by atoms with Crippen molar-refractivity contribution in [3.8, 4) is 0 Å². The van der Waals surface area contributed by atoms with E-state index in [1.165, 1.54) is 0 Å². The molecule has 1 aromatic carbocycles. The summed E-state index contributed by atoms with van der Waals surface area (Å²) in [5.41, 5.74) is 2.69. The van der Waals surface area contributed by atoms with E-state index in [2.05, 4.69) is 23.5 Å². The number of nitrogens with one attached hydrogen (secondary N) is 1. The van der Waals surface area contributed by atoms with E-state index >= 15 is 0 Å². The zero-order valence-electron chi connectivity index (χ0n) is 16.7. The van der Waals surface area contributed by atoms with E-state index in [1.54, 1.807) is 4.90 Å². The number of aryl methyl sites for hydroxylation is 2. The molecule has 2 bridgehead atoms. The molecule has 0 radical (unpaired) electrons. The van der Waals surface area contributed by atoms with Crippen molar-refractivity contribution in [3.63, 3.8) is 0 Å². The molecule has 0 saturated carbocycles. The summed E-state index contributed by atoms with van der Waals surface area (Å²) >= 11 is 0. The van der Waals surface area contributed by atoms with Gasteiger partial charge < -0.3 is 19.9 Å². The van der Waals surface area contributed by atoms with Gasteiger partial charge in [-0.15, -0.1) is 0 Å². The van der Waals surface area contributed by atoms with Gasteiger partial charge in [0, 0.05) is 19.6 Å². The van der Waals surface area contributed by atoms with Gasteiger partial charge in [0.15, 0.2) is 0 Å². The first-order chi connectivity index (χ1) is 13.9. The minimum atomic E-state index is -0.724. The van der Waals surface area contributed by atoms with Crippen molar-refractivity contribution in [1.82, 2.24) is 15.1 Å². The van der Waals surface area contributed by atoms with Crippen LogP contribution in [0.25, 0.3) is 0 Å². The van der Waals surface area contributed by atoms with E-state index in [4.69, 9.17) is 4.74 Å². The number of nitrogens with zero attached hydrogens (tertiary/aromatic N) is 2. The normalized spacial score (nSPS) is 32.7. The number of carbonyl (C=O) groups excluding carboxylic acids is 3. The van der Waals surface area contributed by atoms with Crippen LogP contribution in [0.2, 0.25) is 0 Å². The van der Waals surface area contributed by atoms with E-state index in [1.807, 2.05) is 30.9 Å². The molecule has 4 heterocycles. The Bertz CT molecular complexity index is 942. The summed E-state index contributed by atoms with van der Waals surface area (Å²) in [7, 11) is 0. The van der Waals surface area contributed by atoms with E-state index < -0.39 is 17.4 Å². The van der Waals surface area contributed by atoms with Gasteiger partial charge in [0.2, 0.25) is 17.7 Å². The maximum Gasteiger partial charge on any atom is 0.239 e. The quantitative estimate of drug-likeness (QED) is 0.758. The number of hydrogen-bond acceptors (Lipinski definition) is 4. The second kappa shape index (κ2) is 6.42. The first-order valence-electron chi connectivity index (χ1n) is 10.2. The van der Waals surface area contributed by atoms with Gasteiger partial charge in [-0.1, -0.05) is 35.9 Å². The van der Waals surface area contributed by atoms with Crippen LogP contribution in [0.15, 0.2) is 30.4 Å². The Hall–Kier alpha value is -2.67. The summed E-state index contributed by atoms with van der Waals surface area (Å²) in [5.74, 6) is -1.41. The SMILES string of the molecule is Cc1ccc(C)c(CN2C[C@]34C=C[C@H](O3)[C@@H](C(=O)N3CCNC(=O)C3)[C@@H]4C2=O)c1. The smallest absolute Gasteiger partial charge is 0.239 e. The molecule has 152 valence electrons. The first kappa shape index (κ1) is 18.4. The topological polar surface area (TPSA) is 79.0 Å². The predicted octanol–water partition coefficient (Wildman–Crippen LogP) is 0.544. The molecule has 1 N–H and O–H groups in total. The Morgan fingerprint density at radius 3 is 2.93 bits per heavy atom. The summed E-state index contributed by atoms with van der Waals surface area (Å²) in [6, 6.07) is 6.24. The molecule has 7 nitrogen and oxygen atoms in total. The second-order valence-electron chi connectivity index (χ2n) is 8.63. The summed E-state index contributed by atoms with van der Waals surface area (Å²) in [6.07, 6.45) is 3.50. The molecule has 0 unspecified atom stereocenters. The van der Waals surface area contributed by atoms with Gasteiger partial charge >= 0.3 is 0 Å². The Kier molecular flexibility index (Phi) is 4.07. The van der Waals surface area contributed by atoms with Crippen LogP contribution in [-0.4, -0.2) is 65.4 Å². The summed E-state index contributed by atoms with van der Waals surface area (Å²) in [6.45, 7) is 6.02. The minimum absolute atomic E-state index is 0.0300. The van der Waals surface area contributed by atoms with Crippen LogP contribution in [0, 0.1) is 25.7 Å². The highest BCUT2D eigenvalue weighted by molar-refractivity contribution is 5.94. The Balaban J connectivity index is 1.40. The van der Waals surface area contributed by atoms with Gasteiger partial charge in [0.1, 0.15) is 5.60 Å². The fourth-order valence-corrected chi connectivity index (χ4v) is 5.21. The van der Waals surface area contributed by atoms with Crippen molar-refractivity contribution in [2.45, 2.75) is 32.1 Å². The molecule has 3 amide bonds. The zero-order valence-corrected chi connectivity index (χ0v) is 16.7. The first-order valence-corrected chi connectivity index (χ1v) is 10.2. The Labute approximate surface area is 169 Å². The van der Waals surface area contributed by atoms with Crippen LogP contribution in [0.5, 0.6) is 0 Å². The lowest BCUT2D eigenvalue weighted by molar-refractivity contribution is -0.146. The number of rotatable bonds is 3. The number of fused-ring (bicyclic) bond motifs is 1. The van der Waals surface area contributed by atoms with Gasteiger partial charge in [-0.2, -0.15) is 0 Å². The van der Waals surface area contributed by atoms with E-state index in [-0.39, 0.29) is 30.4 Å². The monoisotopic (exact) mass is 395 g/mol. The number of carbonyl (C=O) groups is 3. The third-order valence-corrected chi connectivity index (χ3v) is 6.68. The minimum Gasteiger partial charge on any atom is -0.360 e. The van der Waals surface area contributed by atoms with Crippen molar-refractivity contribution in [3.05, 3.63) is 47.0 Å². The predicted molar refractivity (Wildman–Crippen MR) is 105 cm³/mol. The van der Waals surface area contributed by atoms with E-state index in [0.717, 1.165) is 16.7 Å². The standard InChI is InChI=1S/C22H25N3O4/c1-13-3-4-14(2)15(9-13)10-25-12-22-6-5-16(29-22)18(19(22)21(25)28)20(27)24-8-7-23-17(26)11-24/h3-6,9,16,18-19H,7-8,10-12H2,1-2H3,(H,23,26)/t16-,18+,19+,22-/m0/s1. The second-order valence-corrected chi connectivity index (χ2v) is 8.63. The molecule has 0 aromatic heterocycles. The van der Waals surface area contributed by atoms with Gasteiger partial charge in [-0.3, -0.25) is 14.4 Å². The molecule has 5 rings (SSSR count). The molecule has 4 aliphatic rings. The highest BCUT2D eigenvalue weighted by atomic mass is 16.5. The lowest BCUT2D eigenvalue weighted by Crippen LogP contribution is -2.54. The highest BCUT2D eigenvalue weighted by Crippen LogP contribution is 2.52. The van der Waals surface area contributed by atoms with Crippen LogP contribution < -0.4 is 5.32 Å². The fraction of sp³-hybridized carbons (Fsp3) is 0.500. The largest absolute Gasteiger partial charge is 0.360 e. The van der Waals surface area contributed by atoms with Crippen LogP contribution in [-0.2, 0) is 25.7 Å². The lowest BCUT2D eigenvalue weighted by atomic mass is 9.76. The molecule has 4 atom stereocenters. The number of amides is 3. The maximum absolute atomic E-state index is 13.4. The van der Waals surface area contributed by atoms with Gasteiger partial charge in [-0.05, 0) is 25.0 Å². The molecule has 3 saturated heterocycles. The van der Waals surface area contributed by atoms with Crippen molar-refractivity contribution in [2.75, 3.05) is 26.2 Å². The Morgan fingerprint density at radius 2 is 2.14 bits per heavy atom. The van der Waals surface area contributed by atoms with Crippen LogP contribution in [0.4, 0.5) is 0 Å². The summed E-state index contributed by atoms with van der Waals surface area (Å²) in [5, 5.41) is 2.74. The van der Waals surface area contributed by atoms with Crippen molar-refractivity contribution in [1.29, 1.82) is 0 Å². The van der Waals surface area contributed by atoms with Crippen LogP contribution >= 0.6 is 0 Å². The van der Waals surface area contributed by atoms with Gasteiger partial charge in [0.25, 0.3) is 0 Å². The zero-order chi connectivity index (χ0) is 20.3. The highest BCUT2D eigenvalue weighted by Gasteiger charge is 2.67. The average Bonchev–Trinajstić information content (AvgIpc) is 3.33. The van der Waals surface area contributed by atoms with Crippen molar-refractivity contribution < 1.29 is 19.1 Å². The average molecular weight is 395 g/mol. The number of likely N-dealkylation sites (tertiary alicyclic amines) is 1. The van der Waals surface area contributed by atoms with Crippen molar-refractivity contribution >= 4 is 17.7 Å². The third kappa shape index (κ3) is 2.79. The number of ether oxygens (including phenoxy) is 1. The number of benzene rings is 1. The maximum atomic E-state index is 13.4. The lowest BCUT2D eigenvalue weighted by Gasteiger charge is -2.32. The summed E-state index contributed by atoms with van der Waals surface area (Å²) in [4.78, 5) is 41.8. The molecule has 7 heteroatoms. The number of hydrogen-bond donors (Lipinski definition) is 1. The van der Waals surface area contributed by atoms with Crippen LogP contribution in [0.3, 0.4) is 0 Å². The van der Waals surface area contributed by atoms with Crippen molar-refractivity contribution in [2.24, 2.45) is 11.8 Å². The number of piperazine rings is 1. The molecular formula is C22H25N3O4. The molecule has 1 spiro atoms. The molecule has 4 aliphatic heterocycles. The summed E-state index contributed by atoms with van der Waals surface area (Å²) < 4.78 is 6.21. The molecular weight excluding hydrogens is 370 g/mol. The molecule has 1 aromatic rings. The third-order valence-electron chi connectivity index (χ3n) is 6.68. The van der Waals surface area contributed by atoms with Gasteiger partial charge in [0.05, 0.1) is 31.0 Å². The van der Waals surface area contributed by atoms with Gasteiger partial charge in [-0.25, -0.2) is 0 Å². The van der Waals surface area contributed by atoms with E-state index in [0.29, 0.717) is 26.2 Å². The molecule has 29 heavy (non-hydrogen) atoms. The fourth-order valence-electron chi connectivity index (χ4n) is 5.21. The molecule has 3 fully saturated rings. The van der Waals surface area contributed by atoms with Crippen LogP contribution in [0.1, 0.15) is 16.7 Å². The molecule has 0 aliphatic carbocycles. The van der Waals surface area contributed by atoms with E-state index in [9.17, 15) is 14.4 Å².